The molecule has 10 heteroatoms. The second-order valence-electron chi connectivity index (χ2n) is 9.57. The van der Waals surface area contributed by atoms with Crippen LogP contribution in [0.2, 0.25) is 0 Å². The van der Waals surface area contributed by atoms with Crippen molar-refractivity contribution in [1.82, 2.24) is 13.9 Å². The molecule has 36 heavy (non-hydrogen) atoms. The van der Waals surface area contributed by atoms with Gasteiger partial charge in [0.25, 0.3) is 0 Å². The van der Waals surface area contributed by atoms with Crippen molar-refractivity contribution < 1.29 is 21.6 Å². The zero-order valence-electron chi connectivity index (χ0n) is 20.1. The number of halogens is 3. The lowest BCUT2D eigenvalue weighted by molar-refractivity contribution is -0.0492. The zero-order chi connectivity index (χ0) is 25.5. The van der Waals surface area contributed by atoms with Gasteiger partial charge in [0, 0.05) is 44.0 Å². The van der Waals surface area contributed by atoms with Gasteiger partial charge in [0.1, 0.15) is 5.82 Å². The van der Waals surface area contributed by atoms with Crippen molar-refractivity contribution >= 4 is 15.7 Å². The van der Waals surface area contributed by atoms with Crippen LogP contribution >= 0.6 is 0 Å². The molecule has 0 bridgehead atoms. The molecule has 2 aliphatic rings. The number of alkyl halides is 3. The first-order valence-electron chi connectivity index (χ1n) is 12.1. The van der Waals surface area contributed by atoms with E-state index in [0.717, 1.165) is 47.7 Å². The molecule has 0 spiro atoms. The van der Waals surface area contributed by atoms with Gasteiger partial charge in [-0.15, -0.1) is 0 Å². The first-order valence-corrected chi connectivity index (χ1v) is 13.6. The SMILES string of the molecule is Cc1cccc2c1CN(S(=O)(=O)C(F)(F)F)C[C@H](CCc1ccccc1)N2Cc1cn2c(n1)CCC2. The molecular formula is C26H29F3N4O2S. The normalized spacial score (nSPS) is 18.7. The van der Waals surface area contributed by atoms with Gasteiger partial charge in [0.15, 0.2) is 0 Å². The van der Waals surface area contributed by atoms with E-state index in [2.05, 4.69) is 9.47 Å². The van der Waals surface area contributed by atoms with E-state index in [0.29, 0.717) is 29.3 Å². The van der Waals surface area contributed by atoms with Crippen LogP contribution in [-0.2, 0) is 42.5 Å². The number of aryl methyl sites for hydroxylation is 4. The van der Waals surface area contributed by atoms with Crippen LogP contribution < -0.4 is 4.90 Å². The molecule has 5 rings (SSSR count). The Morgan fingerprint density at radius 1 is 1.08 bits per heavy atom. The number of sulfonamides is 1. The lowest BCUT2D eigenvalue weighted by atomic mass is 10.0. The van der Waals surface area contributed by atoms with Crippen molar-refractivity contribution in [1.29, 1.82) is 0 Å². The molecule has 3 aromatic rings. The third-order valence-corrected chi connectivity index (χ3v) is 8.71. The van der Waals surface area contributed by atoms with Gasteiger partial charge in [-0.1, -0.05) is 42.5 Å². The van der Waals surface area contributed by atoms with Gasteiger partial charge < -0.3 is 9.47 Å². The quantitative estimate of drug-likeness (QED) is 0.470. The number of nitrogens with zero attached hydrogens (tertiary/aromatic N) is 4. The second-order valence-corrected chi connectivity index (χ2v) is 11.5. The van der Waals surface area contributed by atoms with Crippen LogP contribution in [0.25, 0.3) is 0 Å². The average molecular weight is 519 g/mol. The predicted octanol–water partition coefficient (Wildman–Crippen LogP) is 4.81. The third-order valence-electron chi connectivity index (χ3n) is 7.17. The van der Waals surface area contributed by atoms with Crippen molar-refractivity contribution in [2.45, 2.75) is 63.8 Å². The Labute approximate surface area is 209 Å². The summed E-state index contributed by atoms with van der Waals surface area (Å²) < 4.78 is 69.1. The molecule has 0 saturated heterocycles. The largest absolute Gasteiger partial charge is 0.511 e. The van der Waals surface area contributed by atoms with E-state index in [4.69, 9.17) is 4.98 Å². The van der Waals surface area contributed by atoms with E-state index in [-0.39, 0.29) is 13.1 Å². The van der Waals surface area contributed by atoms with Crippen molar-refractivity contribution in [3.05, 3.63) is 82.9 Å². The maximum absolute atomic E-state index is 13.7. The van der Waals surface area contributed by atoms with Crippen molar-refractivity contribution in [2.24, 2.45) is 0 Å². The fraction of sp³-hybridized carbons (Fsp3) is 0.423. The Morgan fingerprint density at radius 3 is 2.58 bits per heavy atom. The zero-order valence-corrected chi connectivity index (χ0v) is 20.9. The number of aromatic nitrogens is 2. The van der Waals surface area contributed by atoms with Crippen molar-refractivity contribution in [3.63, 3.8) is 0 Å². The smallest absolute Gasteiger partial charge is 0.361 e. The van der Waals surface area contributed by atoms with E-state index >= 15 is 0 Å². The lowest BCUT2D eigenvalue weighted by Gasteiger charge is -2.34. The van der Waals surface area contributed by atoms with Crippen LogP contribution in [0.5, 0.6) is 0 Å². The molecule has 2 aromatic carbocycles. The number of imidazole rings is 1. The van der Waals surface area contributed by atoms with Crippen LogP contribution in [0, 0.1) is 6.92 Å². The molecule has 192 valence electrons. The Kier molecular flexibility index (Phi) is 6.59. The van der Waals surface area contributed by atoms with Crippen LogP contribution in [0.1, 0.15) is 41.1 Å². The summed E-state index contributed by atoms with van der Waals surface area (Å²) in [6.45, 7) is 2.55. The fourth-order valence-electron chi connectivity index (χ4n) is 5.27. The molecule has 0 aliphatic carbocycles. The molecule has 1 atom stereocenters. The van der Waals surface area contributed by atoms with E-state index in [1.54, 1.807) is 0 Å². The minimum absolute atomic E-state index is 0.254. The molecule has 0 unspecified atom stereocenters. The first-order chi connectivity index (χ1) is 17.1. The van der Waals surface area contributed by atoms with Crippen LogP contribution in [0.3, 0.4) is 0 Å². The highest BCUT2D eigenvalue weighted by Crippen LogP contribution is 2.37. The molecule has 1 aromatic heterocycles. The first kappa shape index (κ1) is 24.8. The molecule has 2 aliphatic heterocycles. The Balaban J connectivity index is 1.56. The number of hydrogen-bond donors (Lipinski definition) is 0. The minimum atomic E-state index is -5.50. The standard InChI is InChI=1S/C26H29F3N4O2S/c1-19-7-5-10-24-23(19)18-32(36(34,35)26(27,28)29)17-22(13-12-20-8-3-2-4-9-20)33(24)16-21-15-31-14-6-11-25(31)30-21/h2-5,7-10,15,22H,6,11-14,16-18H2,1H3/t22-/m0/s1. The van der Waals surface area contributed by atoms with Gasteiger partial charge in [0.2, 0.25) is 0 Å². The lowest BCUT2D eigenvalue weighted by Crippen LogP contribution is -2.47. The molecule has 6 nitrogen and oxygen atoms in total. The van der Waals surface area contributed by atoms with Crippen LogP contribution in [0.15, 0.2) is 54.7 Å². The van der Waals surface area contributed by atoms with Gasteiger partial charge in [-0.25, -0.2) is 13.4 Å². The maximum Gasteiger partial charge on any atom is 0.511 e. The van der Waals surface area contributed by atoms with E-state index in [9.17, 15) is 21.6 Å². The average Bonchev–Trinajstić information content (AvgIpc) is 3.38. The number of anilines is 1. The van der Waals surface area contributed by atoms with Crippen LogP contribution in [0.4, 0.5) is 18.9 Å². The molecule has 3 heterocycles. The maximum atomic E-state index is 13.7. The summed E-state index contributed by atoms with van der Waals surface area (Å²) in [5.74, 6) is 1.02. The summed E-state index contributed by atoms with van der Waals surface area (Å²) in [6.07, 6.45) is 5.09. The monoisotopic (exact) mass is 518 g/mol. The predicted molar refractivity (Wildman–Crippen MR) is 132 cm³/mol. The van der Waals surface area contributed by atoms with Gasteiger partial charge in [-0.3, -0.25) is 0 Å². The molecule has 0 radical (unpaired) electrons. The highest BCUT2D eigenvalue weighted by atomic mass is 32.2. The second kappa shape index (κ2) is 9.55. The van der Waals surface area contributed by atoms with Gasteiger partial charge >= 0.3 is 15.5 Å². The van der Waals surface area contributed by atoms with E-state index in [1.807, 2.05) is 61.7 Å². The molecule has 0 amide bonds. The van der Waals surface area contributed by atoms with E-state index in [1.165, 1.54) is 0 Å². The Morgan fingerprint density at radius 2 is 1.86 bits per heavy atom. The van der Waals surface area contributed by atoms with Crippen molar-refractivity contribution in [2.75, 3.05) is 11.4 Å². The highest BCUT2D eigenvalue weighted by Gasteiger charge is 2.51. The molecule has 0 fully saturated rings. The Hall–Kier alpha value is -2.85. The topological polar surface area (TPSA) is 58.4 Å². The van der Waals surface area contributed by atoms with Crippen LogP contribution in [-0.4, -0.2) is 40.4 Å². The van der Waals surface area contributed by atoms with Gasteiger partial charge in [-0.2, -0.15) is 17.5 Å². The Bertz CT molecular complexity index is 1320. The summed E-state index contributed by atoms with van der Waals surface area (Å²) in [6, 6.07) is 14.8. The third kappa shape index (κ3) is 4.76. The summed E-state index contributed by atoms with van der Waals surface area (Å²) in [5.41, 5.74) is -1.35. The summed E-state index contributed by atoms with van der Waals surface area (Å²) in [4.78, 5) is 6.84. The number of benzene rings is 2. The summed E-state index contributed by atoms with van der Waals surface area (Å²) >= 11 is 0. The van der Waals surface area contributed by atoms with Gasteiger partial charge in [-0.05, 0) is 48.9 Å². The summed E-state index contributed by atoms with van der Waals surface area (Å²) in [5, 5.41) is 0. The van der Waals surface area contributed by atoms with Crippen molar-refractivity contribution in [3.8, 4) is 0 Å². The fourth-order valence-corrected chi connectivity index (χ4v) is 6.23. The number of rotatable bonds is 6. The van der Waals surface area contributed by atoms with Gasteiger partial charge in [0.05, 0.1) is 12.2 Å². The molecular weight excluding hydrogens is 489 g/mol. The summed E-state index contributed by atoms with van der Waals surface area (Å²) in [7, 11) is -5.50. The number of hydrogen-bond acceptors (Lipinski definition) is 4. The highest BCUT2D eigenvalue weighted by molar-refractivity contribution is 7.89. The number of fused-ring (bicyclic) bond motifs is 2. The van der Waals surface area contributed by atoms with E-state index < -0.39 is 21.6 Å². The minimum Gasteiger partial charge on any atom is -0.361 e. The molecule has 0 N–H and O–H groups in total. The molecule has 0 saturated carbocycles.